The number of halogens is 1. The van der Waals surface area contributed by atoms with Gasteiger partial charge < -0.3 is 20.8 Å². The number of anilines is 1. The van der Waals surface area contributed by atoms with E-state index in [-0.39, 0.29) is 12.1 Å². The average molecular weight is 483 g/mol. The van der Waals surface area contributed by atoms with Crippen LogP contribution in [0.1, 0.15) is 21.5 Å². The molecule has 0 saturated heterocycles. The zero-order valence-corrected chi connectivity index (χ0v) is 19.1. The molecule has 0 saturated carbocycles. The third kappa shape index (κ3) is 4.97. The maximum Gasteiger partial charge on any atom is 0.255 e. The summed E-state index contributed by atoms with van der Waals surface area (Å²) in [5, 5.41) is 34.6. The van der Waals surface area contributed by atoms with Gasteiger partial charge in [-0.1, -0.05) is 36.4 Å². The van der Waals surface area contributed by atoms with E-state index in [2.05, 4.69) is 20.8 Å². The summed E-state index contributed by atoms with van der Waals surface area (Å²) in [6, 6.07) is 22.2. The fourth-order valence-electron chi connectivity index (χ4n) is 3.99. The van der Waals surface area contributed by atoms with Gasteiger partial charge >= 0.3 is 0 Å². The van der Waals surface area contributed by atoms with E-state index in [0.717, 1.165) is 27.7 Å². The Morgan fingerprint density at radius 2 is 1.67 bits per heavy atom. The Balaban J connectivity index is 1.25. The van der Waals surface area contributed by atoms with Crippen LogP contribution >= 0.6 is 0 Å². The predicted octanol–water partition coefficient (Wildman–Crippen LogP) is 5.32. The van der Waals surface area contributed by atoms with E-state index >= 15 is 0 Å². The third-order valence-electron chi connectivity index (χ3n) is 5.89. The second kappa shape index (κ2) is 9.79. The highest BCUT2D eigenvalue weighted by atomic mass is 19.1. The standard InChI is InChI=1S/C28H23FN4O3/c29-22-6-4-19(5-7-22)20-12-24(27(35)26(34)13-20)28(36)31-15-18-3-1-2-17(10-18)14-30-23-8-9-25-21(11-23)16-32-33-25/h1-13,16,30,34-35H,14-15H2,(H,31,36)(H,32,33). The minimum Gasteiger partial charge on any atom is -0.504 e. The number of rotatable bonds is 7. The van der Waals surface area contributed by atoms with Crippen LogP contribution in [0, 0.1) is 5.82 Å². The minimum absolute atomic E-state index is 0.0678. The van der Waals surface area contributed by atoms with Crippen LogP contribution in [0.4, 0.5) is 10.1 Å². The molecule has 0 radical (unpaired) electrons. The molecule has 0 aliphatic rings. The molecule has 4 aromatic carbocycles. The molecular weight excluding hydrogens is 459 g/mol. The number of H-pyrrole nitrogens is 1. The van der Waals surface area contributed by atoms with E-state index in [0.29, 0.717) is 17.7 Å². The van der Waals surface area contributed by atoms with Gasteiger partial charge in [0, 0.05) is 24.2 Å². The van der Waals surface area contributed by atoms with Crippen molar-refractivity contribution in [3.8, 4) is 22.6 Å². The summed E-state index contributed by atoms with van der Waals surface area (Å²) in [5.41, 5.74) is 4.88. The second-order valence-electron chi connectivity index (χ2n) is 8.43. The average Bonchev–Trinajstić information content (AvgIpc) is 3.36. The maximum atomic E-state index is 13.3. The number of amides is 1. The number of carbonyl (C=O) groups is 1. The van der Waals surface area contributed by atoms with Gasteiger partial charge in [0.1, 0.15) is 5.82 Å². The molecule has 5 aromatic rings. The molecule has 1 amide bonds. The molecule has 0 atom stereocenters. The molecule has 8 heteroatoms. The number of nitrogens with one attached hydrogen (secondary N) is 3. The van der Waals surface area contributed by atoms with Crippen LogP contribution in [0.15, 0.2) is 85.1 Å². The predicted molar refractivity (Wildman–Crippen MR) is 136 cm³/mol. The van der Waals surface area contributed by atoms with Gasteiger partial charge in [-0.15, -0.1) is 0 Å². The van der Waals surface area contributed by atoms with Crippen molar-refractivity contribution in [1.29, 1.82) is 0 Å². The lowest BCUT2D eigenvalue weighted by molar-refractivity contribution is 0.0947. The lowest BCUT2D eigenvalue weighted by Gasteiger charge is -2.12. The van der Waals surface area contributed by atoms with Crippen molar-refractivity contribution in [3.05, 3.63) is 108 Å². The van der Waals surface area contributed by atoms with E-state index in [1.807, 2.05) is 42.5 Å². The van der Waals surface area contributed by atoms with Crippen LogP contribution in [0.5, 0.6) is 11.5 Å². The maximum absolute atomic E-state index is 13.3. The van der Waals surface area contributed by atoms with Gasteiger partial charge in [0.05, 0.1) is 17.3 Å². The number of nitrogens with zero attached hydrogens (tertiary/aromatic N) is 1. The molecule has 0 fully saturated rings. The van der Waals surface area contributed by atoms with Gasteiger partial charge in [-0.25, -0.2) is 4.39 Å². The number of hydrogen-bond acceptors (Lipinski definition) is 5. The zero-order valence-electron chi connectivity index (χ0n) is 19.1. The second-order valence-corrected chi connectivity index (χ2v) is 8.43. The van der Waals surface area contributed by atoms with Crippen LogP contribution < -0.4 is 10.6 Å². The molecule has 1 heterocycles. The molecular formula is C28H23FN4O3. The quantitative estimate of drug-likeness (QED) is 0.202. The summed E-state index contributed by atoms with van der Waals surface area (Å²) in [6.45, 7) is 0.828. The number of hydrogen-bond donors (Lipinski definition) is 5. The first kappa shape index (κ1) is 22.9. The number of phenolic OH excluding ortho intramolecular Hbond substituents is 2. The van der Waals surface area contributed by atoms with Crippen molar-refractivity contribution in [2.45, 2.75) is 13.1 Å². The van der Waals surface area contributed by atoms with E-state index in [9.17, 15) is 19.4 Å². The van der Waals surface area contributed by atoms with Crippen molar-refractivity contribution in [2.75, 3.05) is 5.32 Å². The van der Waals surface area contributed by atoms with Gasteiger partial charge in [-0.2, -0.15) is 5.10 Å². The number of aromatic nitrogens is 2. The summed E-state index contributed by atoms with van der Waals surface area (Å²) in [6.07, 6.45) is 1.77. The highest BCUT2D eigenvalue weighted by molar-refractivity contribution is 5.99. The Morgan fingerprint density at radius 1 is 0.889 bits per heavy atom. The van der Waals surface area contributed by atoms with Crippen LogP contribution in [0.2, 0.25) is 0 Å². The number of carbonyl (C=O) groups excluding carboxylic acids is 1. The number of phenols is 2. The Kier molecular flexibility index (Phi) is 6.23. The normalized spacial score (nSPS) is 10.9. The first-order valence-electron chi connectivity index (χ1n) is 11.3. The lowest BCUT2D eigenvalue weighted by Crippen LogP contribution is -2.23. The zero-order chi connectivity index (χ0) is 25.1. The van der Waals surface area contributed by atoms with E-state index in [1.165, 1.54) is 36.4 Å². The van der Waals surface area contributed by atoms with Crippen molar-refractivity contribution < 1.29 is 19.4 Å². The Labute approximate surface area is 206 Å². The summed E-state index contributed by atoms with van der Waals surface area (Å²) in [4.78, 5) is 12.8. The Bertz CT molecular complexity index is 1550. The summed E-state index contributed by atoms with van der Waals surface area (Å²) < 4.78 is 13.3. The van der Waals surface area contributed by atoms with E-state index in [4.69, 9.17) is 0 Å². The molecule has 1 aromatic heterocycles. The van der Waals surface area contributed by atoms with Crippen LogP contribution in [0.25, 0.3) is 22.0 Å². The summed E-state index contributed by atoms with van der Waals surface area (Å²) in [5.74, 6) is -1.87. The molecule has 180 valence electrons. The van der Waals surface area contributed by atoms with Crippen LogP contribution in [0.3, 0.4) is 0 Å². The van der Waals surface area contributed by atoms with Crippen molar-refractivity contribution in [2.24, 2.45) is 0 Å². The fraction of sp³-hybridized carbons (Fsp3) is 0.0714. The molecule has 0 aliphatic carbocycles. The third-order valence-corrected chi connectivity index (χ3v) is 5.89. The molecule has 36 heavy (non-hydrogen) atoms. The summed E-state index contributed by atoms with van der Waals surface area (Å²) >= 11 is 0. The molecule has 5 rings (SSSR count). The highest BCUT2D eigenvalue weighted by Gasteiger charge is 2.17. The van der Waals surface area contributed by atoms with Gasteiger partial charge in [-0.05, 0) is 64.7 Å². The fourth-order valence-corrected chi connectivity index (χ4v) is 3.99. The van der Waals surface area contributed by atoms with Crippen LogP contribution in [-0.4, -0.2) is 26.3 Å². The van der Waals surface area contributed by atoms with Crippen molar-refractivity contribution in [1.82, 2.24) is 15.5 Å². The van der Waals surface area contributed by atoms with Gasteiger partial charge in [0.2, 0.25) is 0 Å². The SMILES string of the molecule is O=C(NCc1cccc(CNc2ccc3[nH]ncc3c2)c1)c1cc(-c2ccc(F)cc2)cc(O)c1O. The molecule has 0 aliphatic heterocycles. The molecule has 0 unspecified atom stereocenters. The smallest absolute Gasteiger partial charge is 0.255 e. The number of fused-ring (bicyclic) bond motifs is 1. The molecule has 0 spiro atoms. The lowest BCUT2D eigenvalue weighted by atomic mass is 10.0. The van der Waals surface area contributed by atoms with Gasteiger partial charge in [0.25, 0.3) is 5.91 Å². The van der Waals surface area contributed by atoms with Crippen molar-refractivity contribution >= 4 is 22.5 Å². The van der Waals surface area contributed by atoms with E-state index in [1.54, 1.807) is 6.20 Å². The van der Waals surface area contributed by atoms with Crippen molar-refractivity contribution in [3.63, 3.8) is 0 Å². The van der Waals surface area contributed by atoms with Crippen LogP contribution in [-0.2, 0) is 13.1 Å². The first-order valence-corrected chi connectivity index (χ1v) is 11.3. The van der Waals surface area contributed by atoms with Gasteiger partial charge in [-0.3, -0.25) is 9.89 Å². The summed E-state index contributed by atoms with van der Waals surface area (Å²) in [7, 11) is 0. The first-order chi connectivity index (χ1) is 17.5. The van der Waals surface area contributed by atoms with Gasteiger partial charge in [0.15, 0.2) is 11.5 Å². The topological polar surface area (TPSA) is 110 Å². The highest BCUT2D eigenvalue weighted by Crippen LogP contribution is 2.34. The Hall–Kier alpha value is -4.85. The number of aromatic hydroxyl groups is 2. The number of aromatic amines is 1. The van der Waals surface area contributed by atoms with E-state index < -0.39 is 23.2 Å². The largest absolute Gasteiger partial charge is 0.504 e. The molecule has 7 nitrogen and oxygen atoms in total. The molecule has 5 N–H and O–H groups in total. The monoisotopic (exact) mass is 482 g/mol. The number of benzene rings is 4. The molecule has 0 bridgehead atoms. The minimum atomic E-state index is -0.538. The Morgan fingerprint density at radius 3 is 2.47 bits per heavy atom.